The minimum absolute atomic E-state index is 0.142. The Labute approximate surface area is 177 Å². The van der Waals surface area contributed by atoms with Crippen molar-refractivity contribution in [3.63, 3.8) is 0 Å². The van der Waals surface area contributed by atoms with Crippen LogP contribution in [0.1, 0.15) is 49.7 Å². The van der Waals surface area contributed by atoms with Gasteiger partial charge in [-0.05, 0) is 86.5 Å². The number of halogens is 1. The molecule has 2 atom stereocenters. The lowest BCUT2D eigenvalue weighted by atomic mass is 9.42. The van der Waals surface area contributed by atoms with Crippen LogP contribution >= 0.6 is 11.6 Å². The van der Waals surface area contributed by atoms with Crippen molar-refractivity contribution in [2.45, 2.75) is 50.9 Å². The smallest absolute Gasteiger partial charge is 0.230 e. The summed E-state index contributed by atoms with van der Waals surface area (Å²) in [4.78, 5) is 13.7. The van der Waals surface area contributed by atoms with E-state index in [1.165, 1.54) is 30.4 Å². The van der Waals surface area contributed by atoms with Gasteiger partial charge in [0.2, 0.25) is 5.91 Å². The molecule has 4 aliphatic carbocycles. The summed E-state index contributed by atoms with van der Waals surface area (Å²) in [5, 5.41) is 3.79. The molecule has 0 spiro atoms. The van der Waals surface area contributed by atoms with Gasteiger partial charge in [0.05, 0.1) is 18.2 Å². The maximum absolute atomic E-state index is 13.7. The van der Waals surface area contributed by atoms with E-state index in [9.17, 15) is 4.79 Å². The summed E-state index contributed by atoms with van der Waals surface area (Å²) in [6.07, 6.45) is 6.69. The van der Waals surface area contributed by atoms with Crippen molar-refractivity contribution >= 4 is 23.2 Å². The van der Waals surface area contributed by atoms with Crippen molar-refractivity contribution < 1.29 is 9.53 Å². The van der Waals surface area contributed by atoms with E-state index in [2.05, 4.69) is 36.5 Å². The number of amides is 1. The number of aryl methyl sites for hydroxylation is 1. The summed E-state index contributed by atoms with van der Waals surface area (Å²) in [6, 6.07) is 14.4. The van der Waals surface area contributed by atoms with Gasteiger partial charge in [0.15, 0.2) is 0 Å². The molecule has 4 bridgehead atoms. The van der Waals surface area contributed by atoms with Crippen molar-refractivity contribution in [3.8, 4) is 5.75 Å². The van der Waals surface area contributed by atoms with Crippen molar-refractivity contribution in [2.75, 3.05) is 12.4 Å². The van der Waals surface area contributed by atoms with Gasteiger partial charge in [0, 0.05) is 5.02 Å². The van der Waals surface area contributed by atoms with Crippen LogP contribution in [0.3, 0.4) is 0 Å². The maximum atomic E-state index is 13.7. The third kappa shape index (κ3) is 3.15. The molecule has 4 aliphatic rings. The summed E-state index contributed by atoms with van der Waals surface area (Å²) in [7, 11) is 1.62. The van der Waals surface area contributed by atoms with E-state index in [4.69, 9.17) is 16.3 Å². The molecule has 0 aromatic heterocycles. The van der Waals surface area contributed by atoms with Crippen molar-refractivity contribution in [1.29, 1.82) is 0 Å². The standard InChI is InChI=1S/C25H28ClNO2/c1-16-3-5-19(6-4-16)24-11-17-9-18(12-24)14-25(13-17,15-24)23(28)27-21-10-20(26)7-8-22(21)29-2/h3-8,10,17-18H,9,11-15H2,1-2H3,(H,27,28). The van der Waals surface area contributed by atoms with Crippen molar-refractivity contribution in [3.05, 3.63) is 58.6 Å². The van der Waals surface area contributed by atoms with Crippen molar-refractivity contribution in [2.24, 2.45) is 17.3 Å². The van der Waals surface area contributed by atoms with Gasteiger partial charge in [-0.1, -0.05) is 41.4 Å². The molecule has 0 saturated heterocycles. The minimum Gasteiger partial charge on any atom is -0.495 e. The number of ether oxygens (including phenoxy) is 1. The molecule has 4 heteroatoms. The highest BCUT2D eigenvalue weighted by atomic mass is 35.5. The first-order chi connectivity index (χ1) is 13.9. The number of methoxy groups -OCH3 is 1. The van der Waals surface area contributed by atoms with E-state index < -0.39 is 0 Å². The molecule has 2 aromatic rings. The lowest BCUT2D eigenvalue weighted by Crippen LogP contribution is -2.58. The second kappa shape index (κ2) is 6.77. The second-order valence-electron chi connectivity index (χ2n) is 9.69. The quantitative estimate of drug-likeness (QED) is 0.659. The van der Waals surface area contributed by atoms with Crippen LogP contribution in [-0.2, 0) is 10.2 Å². The highest BCUT2D eigenvalue weighted by Gasteiger charge is 2.60. The molecule has 6 rings (SSSR count). The van der Waals surface area contributed by atoms with Crippen LogP contribution in [-0.4, -0.2) is 13.0 Å². The Kier molecular flexibility index (Phi) is 4.43. The number of rotatable bonds is 4. The fraction of sp³-hybridized carbons (Fsp3) is 0.480. The highest BCUT2D eigenvalue weighted by Crippen LogP contribution is 2.66. The molecule has 0 radical (unpaired) electrons. The van der Waals surface area contributed by atoms with Gasteiger partial charge < -0.3 is 10.1 Å². The van der Waals surface area contributed by atoms with Gasteiger partial charge in [-0.2, -0.15) is 0 Å². The van der Waals surface area contributed by atoms with Crippen LogP contribution < -0.4 is 10.1 Å². The number of hydrogen-bond acceptors (Lipinski definition) is 2. The first kappa shape index (κ1) is 19.0. The fourth-order valence-corrected chi connectivity index (χ4v) is 6.98. The Balaban J connectivity index is 1.48. The SMILES string of the molecule is COc1ccc(Cl)cc1NC(=O)C12CC3CC(C1)CC(c1ccc(C)cc1)(C3)C2. The fourth-order valence-electron chi connectivity index (χ4n) is 6.81. The lowest BCUT2D eigenvalue weighted by Gasteiger charge is -2.61. The van der Waals surface area contributed by atoms with Gasteiger partial charge in [-0.25, -0.2) is 0 Å². The number of nitrogens with one attached hydrogen (secondary N) is 1. The molecular weight excluding hydrogens is 382 g/mol. The second-order valence-corrected chi connectivity index (χ2v) is 10.1. The number of carbonyl (C=O) groups is 1. The van der Waals surface area contributed by atoms with Gasteiger partial charge in [0.1, 0.15) is 5.75 Å². The lowest BCUT2D eigenvalue weighted by molar-refractivity contribution is -0.143. The number of benzene rings is 2. The van der Waals surface area contributed by atoms with Crippen LogP contribution in [0.4, 0.5) is 5.69 Å². The van der Waals surface area contributed by atoms with Gasteiger partial charge in [-0.15, -0.1) is 0 Å². The zero-order chi connectivity index (χ0) is 20.2. The molecule has 2 unspecified atom stereocenters. The molecule has 2 aromatic carbocycles. The number of carbonyl (C=O) groups excluding carboxylic acids is 1. The van der Waals surface area contributed by atoms with Crippen LogP contribution in [0.2, 0.25) is 5.02 Å². The van der Waals surface area contributed by atoms with Gasteiger partial charge in [0.25, 0.3) is 0 Å². The summed E-state index contributed by atoms with van der Waals surface area (Å²) in [5.41, 5.74) is 3.24. The monoisotopic (exact) mass is 409 g/mol. The molecule has 4 fully saturated rings. The number of hydrogen-bond donors (Lipinski definition) is 1. The van der Waals surface area contributed by atoms with Crippen LogP contribution in [0.5, 0.6) is 5.75 Å². The Bertz CT molecular complexity index is 938. The molecule has 3 nitrogen and oxygen atoms in total. The van der Waals surface area contributed by atoms with E-state index in [0.29, 0.717) is 28.3 Å². The summed E-state index contributed by atoms with van der Waals surface area (Å²) < 4.78 is 5.45. The summed E-state index contributed by atoms with van der Waals surface area (Å²) in [6.45, 7) is 2.14. The highest BCUT2D eigenvalue weighted by molar-refractivity contribution is 6.31. The van der Waals surface area contributed by atoms with Crippen molar-refractivity contribution in [1.82, 2.24) is 0 Å². The molecule has 29 heavy (non-hydrogen) atoms. The average Bonchev–Trinajstić information content (AvgIpc) is 2.67. The third-order valence-electron chi connectivity index (χ3n) is 7.62. The number of anilines is 1. The zero-order valence-electron chi connectivity index (χ0n) is 17.1. The van der Waals surface area contributed by atoms with E-state index in [0.717, 1.165) is 19.3 Å². The molecule has 1 N–H and O–H groups in total. The molecule has 4 saturated carbocycles. The van der Waals surface area contributed by atoms with Crippen LogP contribution in [0, 0.1) is 24.2 Å². The summed E-state index contributed by atoms with van der Waals surface area (Å²) >= 11 is 6.18. The Morgan fingerprint density at radius 3 is 2.41 bits per heavy atom. The normalized spacial score (nSPS) is 32.2. The van der Waals surface area contributed by atoms with E-state index in [1.54, 1.807) is 19.2 Å². The largest absolute Gasteiger partial charge is 0.495 e. The van der Waals surface area contributed by atoms with E-state index >= 15 is 0 Å². The topological polar surface area (TPSA) is 38.3 Å². The Morgan fingerprint density at radius 1 is 1.07 bits per heavy atom. The maximum Gasteiger partial charge on any atom is 0.230 e. The van der Waals surface area contributed by atoms with Gasteiger partial charge >= 0.3 is 0 Å². The predicted octanol–water partition coefficient (Wildman–Crippen LogP) is 6.13. The molecule has 0 heterocycles. The molecular formula is C25H28ClNO2. The minimum atomic E-state index is -0.289. The predicted molar refractivity (Wildman–Crippen MR) is 117 cm³/mol. The summed E-state index contributed by atoms with van der Waals surface area (Å²) in [5.74, 6) is 2.08. The van der Waals surface area contributed by atoms with Crippen LogP contribution in [0.15, 0.2) is 42.5 Å². The molecule has 152 valence electrons. The van der Waals surface area contributed by atoms with Gasteiger partial charge in [-0.3, -0.25) is 4.79 Å². The average molecular weight is 410 g/mol. The Hall–Kier alpha value is -2.00. The molecule has 1 amide bonds. The van der Waals surface area contributed by atoms with E-state index in [-0.39, 0.29) is 16.7 Å². The first-order valence-corrected chi connectivity index (χ1v) is 11.0. The Morgan fingerprint density at radius 2 is 1.76 bits per heavy atom. The zero-order valence-corrected chi connectivity index (χ0v) is 17.9. The third-order valence-corrected chi connectivity index (χ3v) is 7.85. The van der Waals surface area contributed by atoms with E-state index in [1.807, 2.05) is 6.07 Å². The van der Waals surface area contributed by atoms with Crippen LogP contribution in [0.25, 0.3) is 0 Å². The first-order valence-electron chi connectivity index (χ1n) is 10.6. The molecule has 0 aliphatic heterocycles.